The first-order chi connectivity index (χ1) is 8.49. The Kier molecular flexibility index (Phi) is 6.14. The van der Waals surface area contributed by atoms with Crippen LogP contribution in [0.5, 0.6) is 0 Å². The predicted molar refractivity (Wildman–Crippen MR) is 64.6 cm³/mol. The highest BCUT2D eigenvalue weighted by atomic mass is 32.2. The van der Waals surface area contributed by atoms with E-state index >= 15 is 0 Å². The molecule has 0 aliphatic carbocycles. The second kappa shape index (κ2) is 7.38. The minimum atomic E-state index is -2.46. The number of aliphatic hydroxyl groups is 1. The molecule has 0 saturated carbocycles. The summed E-state index contributed by atoms with van der Waals surface area (Å²) >= 11 is 0.439. The van der Waals surface area contributed by atoms with E-state index in [0.29, 0.717) is 30.5 Å². The Labute approximate surface area is 108 Å². The van der Waals surface area contributed by atoms with Crippen molar-refractivity contribution in [3.63, 3.8) is 0 Å². The lowest BCUT2D eigenvalue weighted by atomic mass is 10.3. The van der Waals surface area contributed by atoms with Crippen LogP contribution in [0, 0.1) is 0 Å². The molecule has 0 aromatic carbocycles. The summed E-state index contributed by atoms with van der Waals surface area (Å²) in [6.07, 6.45) is -0.0412. The summed E-state index contributed by atoms with van der Waals surface area (Å²) < 4.78 is 29.0. The Hall–Kier alpha value is -1.08. The third-order valence-corrected chi connectivity index (χ3v) is 2.79. The number of alkyl halides is 2. The highest BCUT2D eigenvalue weighted by molar-refractivity contribution is 7.98. The second-order valence-electron chi connectivity index (χ2n) is 3.73. The molecule has 0 aliphatic rings. The number of carbonyl (C=O) groups is 1. The van der Waals surface area contributed by atoms with Crippen LogP contribution < -0.4 is 5.32 Å². The van der Waals surface area contributed by atoms with E-state index in [-0.39, 0.29) is 11.5 Å². The molecule has 0 aliphatic heterocycles. The molecule has 2 N–H and O–H groups in total. The molecule has 0 radical (unpaired) electrons. The van der Waals surface area contributed by atoms with Gasteiger partial charge in [0.05, 0.1) is 11.9 Å². The van der Waals surface area contributed by atoms with Crippen molar-refractivity contribution in [1.29, 1.82) is 0 Å². The normalized spacial score (nSPS) is 12.7. The van der Waals surface area contributed by atoms with Crippen LogP contribution in [0.1, 0.15) is 29.7 Å². The fraction of sp³-hybridized carbons (Fsp3) is 0.545. The molecule has 0 fully saturated rings. The number of rotatable bonds is 7. The molecule has 1 unspecified atom stereocenters. The van der Waals surface area contributed by atoms with Gasteiger partial charge in [0.1, 0.15) is 5.76 Å². The molecule has 102 valence electrons. The Morgan fingerprint density at radius 3 is 2.89 bits per heavy atom. The van der Waals surface area contributed by atoms with Crippen LogP contribution in [0.3, 0.4) is 0 Å². The lowest BCUT2D eigenvalue weighted by molar-refractivity contribution is 0.0916. The molecule has 1 aromatic heterocycles. The number of halogens is 2. The largest absolute Gasteiger partial charge is 0.455 e. The van der Waals surface area contributed by atoms with Crippen molar-refractivity contribution in [2.24, 2.45) is 0 Å². The van der Waals surface area contributed by atoms with E-state index in [1.807, 2.05) is 0 Å². The molecule has 1 atom stereocenters. The number of nitrogens with one attached hydrogen (secondary N) is 1. The quantitative estimate of drug-likeness (QED) is 0.803. The summed E-state index contributed by atoms with van der Waals surface area (Å²) in [5.41, 5.74) is 0. The SMILES string of the molecule is CC(O)CCNC(=O)c1ccc(CSC(F)F)o1. The fourth-order valence-corrected chi connectivity index (χ4v) is 1.65. The summed E-state index contributed by atoms with van der Waals surface area (Å²) in [7, 11) is 0. The van der Waals surface area contributed by atoms with Gasteiger partial charge in [0.2, 0.25) is 0 Å². The number of carbonyl (C=O) groups excluding carboxylic acids is 1. The van der Waals surface area contributed by atoms with Crippen molar-refractivity contribution < 1.29 is 23.1 Å². The molecular weight excluding hydrogens is 264 g/mol. The maximum atomic E-state index is 11.9. The van der Waals surface area contributed by atoms with Gasteiger partial charge in [0, 0.05) is 6.54 Å². The fourth-order valence-electron chi connectivity index (χ4n) is 1.20. The minimum Gasteiger partial charge on any atom is -0.455 e. The maximum absolute atomic E-state index is 11.9. The van der Waals surface area contributed by atoms with Crippen molar-refractivity contribution in [1.82, 2.24) is 5.32 Å². The van der Waals surface area contributed by atoms with Crippen LogP contribution in [-0.4, -0.2) is 29.4 Å². The topological polar surface area (TPSA) is 62.5 Å². The standard InChI is InChI=1S/C11H15F2NO3S/c1-7(15)4-5-14-10(16)9-3-2-8(17-9)6-18-11(12)13/h2-3,7,11,15H,4-6H2,1H3,(H,14,16). The van der Waals surface area contributed by atoms with E-state index in [4.69, 9.17) is 9.52 Å². The second-order valence-corrected chi connectivity index (χ2v) is 4.71. The zero-order chi connectivity index (χ0) is 13.5. The zero-order valence-corrected chi connectivity index (χ0v) is 10.7. The molecule has 0 bridgehead atoms. The third-order valence-electron chi connectivity index (χ3n) is 2.08. The van der Waals surface area contributed by atoms with Crippen molar-refractivity contribution >= 4 is 17.7 Å². The predicted octanol–water partition coefficient (Wildman–Crippen LogP) is 2.24. The lowest BCUT2D eigenvalue weighted by Gasteiger charge is -2.04. The van der Waals surface area contributed by atoms with Gasteiger partial charge in [0.25, 0.3) is 11.7 Å². The van der Waals surface area contributed by atoms with E-state index in [2.05, 4.69) is 5.32 Å². The summed E-state index contributed by atoms with van der Waals surface area (Å²) in [6, 6.07) is 2.94. The van der Waals surface area contributed by atoms with Crippen LogP contribution >= 0.6 is 11.8 Å². The first-order valence-electron chi connectivity index (χ1n) is 5.43. The Morgan fingerprint density at radius 2 is 2.28 bits per heavy atom. The Morgan fingerprint density at radius 1 is 1.56 bits per heavy atom. The van der Waals surface area contributed by atoms with Gasteiger partial charge in [-0.1, -0.05) is 11.8 Å². The molecular formula is C11H15F2NO3S. The first-order valence-corrected chi connectivity index (χ1v) is 6.48. The number of thioether (sulfide) groups is 1. The molecule has 18 heavy (non-hydrogen) atoms. The first kappa shape index (κ1) is 15.0. The lowest BCUT2D eigenvalue weighted by Crippen LogP contribution is -2.26. The van der Waals surface area contributed by atoms with E-state index in [1.54, 1.807) is 6.92 Å². The highest BCUT2D eigenvalue weighted by Crippen LogP contribution is 2.21. The zero-order valence-electron chi connectivity index (χ0n) is 9.86. The monoisotopic (exact) mass is 279 g/mol. The van der Waals surface area contributed by atoms with Crippen LogP contribution in [0.2, 0.25) is 0 Å². The molecule has 1 amide bonds. The highest BCUT2D eigenvalue weighted by Gasteiger charge is 2.12. The van der Waals surface area contributed by atoms with E-state index in [9.17, 15) is 13.6 Å². The van der Waals surface area contributed by atoms with Crippen LogP contribution in [0.15, 0.2) is 16.5 Å². The van der Waals surface area contributed by atoms with Crippen LogP contribution in [-0.2, 0) is 5.75 Å². The van der Waals surface area contributed by atoms with Gasteiger partial charge in [0.15, 0.2) is 5.76 Å². The van der Waals surface area contributed by atoms with E-state index in [0.717, 1.165) is 0 Å². The Balaban J connectivity index is 2.39. The summed E-state index contributed by atoms with van der Waals surface area (Å²) in [6.45, 7) is 1.96. The number of furan rings is 1. The van der Waals surface area contributed by atoms with Crippen molar-refractivity contribution in [3.05, 3.63) is 23.7 Å². The van der Waals surface area contributed by atoms with Gasteiger partial charge in [-0.2, -0.15) is 8.78 Å². The van der Waals surface area contributed by atoms with Gasteiger partial charge < -0.3 is 14.8 Å². The van der Waals surface area contributed by atoms with Gasteiger partial charge in [-0.25, -0.2) is 0 Å². The molecule has 0 spiro atoms. The smallest absolute Gasteiger partial charge is 0.286 e. The molecule has 1 rings (SSSR count). The molecule has 0 saturated heterocycles. The van der Waals surface area contributed by atoms with E-state index in [1.165, 1.54) is 12.1 Å². The van der Waals surface area contributed by atoms with E-state index < -0.39 is 17.8 Å². The summed E-state index contributed by atoms with van der Waals surface area (Å²) in [5.74, 6) is -2.42. The summed E-state index contributed by atoms with van der Waals surface area (Å²) in [4.78, 5) is 11.5. The average Bonchev–Trinajstić information content (AvgIpc) is 2.74. The molecule has 1 heterocycles. The number of hydrogen-bond acceptors (Lipinski definition) is 4. The molecule has 1 aromatic rings. The number of amides is 1. The van der Waals surface area contributed by atoms with Crippen molar-refractivity contribution in [2.75, 3.05) is 6.54 Å². The van der Waals surface area contributed by atoms with Gasteiger partial charge in [-0.15, -0.1) is 0 Å². The molecule has 7 heteroatoms. The third kappa shape index (κ3) is 5.50. The maximum Gasteiger partial charge on any atom is 0.286 e. The van der Waals surface area contributed by atoms with Crippen molar-refractivity contribution in [3.8, 4) is 0 Å². The van der Waals surface area contributed by atoms with Gasteiger partial charge in [-0.3, -0.25) is 4.79 Å². The van der Waals surface area contributed by atoms with Crippen LogP contribution in [0.4, 0.5) is 8.78 Å². The van der Waals surface area contributed by atoms with Crippen LogP contribution in [0.25, 0.3) is 0 Å². The van der Waals surface area contributed by atoms with Gasteiger partial charge >= 0.3 is 0 Å². The average molecular weight is 279 g/mol. The van der Waals surface area contributed by atoms with Crippen molar-refractivity contribution in [2.45, 2.75) is 31.0 Å². The molecule has 4 nitrogen and oxygen atoms in total. The Bertz CT molecular complexity index is 382. The summed E-state index contributed by atoms with van der Waals surface area (Å²) in [5, 5.41) is 11.6. The minimum absolute atomic E-state index is 0.0264. The van der Waals surface area contributed by atoms with Gasteiger partial charge in [-0.05, 0) is 25.5 Å². The number of hydrogen-bond donors (Lipinski definition) is 2. The number of aliphatic hydroxyl groups excluding tert-OH is 1.